The van der Waals surface area contributed by atoms with Gasteiger partial charge in [0.15, 0.2) is 0 Å². The maximum Gasteiger partial charge on any atom is 0.264 e. The van der Waals surface area contributed by atoms with E-state index in [9.17, 15) is 8.42 Å². The highest BCUT2D eigenvalue weighted by Gasteiger charge is 2.16. The van der Waals surface area contributed by atoms with Crippen molar-refractivity contribution < 1.29 is 8.42 Å². The normalized spacial score (nSPS) is 11.8. The number of hydrogen-bond donors (Lipinski definition) is 3. The Kier molecular flexibility index (Phi) is 7.65. The molecule has 10 nitrogen and oxygen atoms in total. The summed E-state index contributed by atoms with van der Waals surface area (Å²) < 4.78 is 27.7. The van der Waals surface area contributed by atoms with Gasteiger partial charge < -0.3 is 11.1 Å². The van der Waals surface area contributed by atoms with Gasteiger partial charge in [-0.3, -0.25) is 0 Å². The first kappa shape index (κ1) is 26.0. The predicted molar refractivity (Wildman–Crippen MR) is 147 cm³/mol. The average molecular weight is 537 g/mol. The van der Waals surface area contributed by atoms with Crippen LogP contribution in [0.2, 0.25) is 5.02 Å². The molecule has 190 valence electrons. The molecule has 0 fully saturated rings. The standard InChI is InChI=1S/C25H25ClN8O2S/c1-4-21-22(17-5-7-18(26)8-6-17)23(27)33-25(32-21)31-16(3)30-19-9-11-20(12-10-19)37(35,36)34-24-28-14-13-15(2)29-24/h5-14H,4H2,1-3H3,(H,28,29,34)(H3,27,30,31,32,33). The lowest BCUT2D eigenvalue weighted by Crippen LogP contribution is -2.15. The summed E-state index contributed by atoms with van der Waals surface area (Å²) >= 11 is 6.01. The molecule has 0 aliphatic rings. The van der Waals surface area contributed by atoms with E-state index < -0.39 is 10.0 Å². The molecule has 0 aliphatic heterocycles. The number of nitrogen functional groups attached to an aromatic ring is 1. The van der Waals surface area contributed by atoms with Gasteiger partial charge in [-0.25, -0.2) is 28.1 Å². The number of hydrogen-bond acceptors (Lipinski definition) is 8. The zero-order valence-electron chi connectivity index (χ0n) is 20.4. The molecule has 2 heterocycles. The molecule has 2 aromatic carbocycles. The maximum atomic E-state index is 12.7. The summed E-state index contributed by atoms with van der Waals surface area (Å²) in [5, 5.41) is 3.74. The number of rotatable bonds is 7. The summed E-state index contributed by atoms with van der Waals surface area (Å²) in [6, 6.07) is 15.2. The predicted octanol–water partition coefficient (Wildman–Crippen LogP) is 5.00. The molecule has 4 N–H and O–H groups in total. The molecule has 0 amide bonds. The molecule has 12 heteroatoms. The van der Waals surface area contributed by atoms with Crippen molar-refractivity contribution in [1.82, 2.24) is 19.9 Å². The number of aromatic nitrogens is 4. The van der Waals surface area contributed by atoms with Gasteiger partial charge in [-0.15, -0.1) is 0 Å². The number of nitrogens with two attached hydrogens (primary N) is 1. The molecule has 4 aromatic rings. The number of amidine groups is 1. The molecule has 0 saturated heterocycles. The van der Waals surface area contributed by atoms with Crippen molar-refractivity contribution in [2.24, 2.45) is 4.99 Å². The van der Waals surface area contributed by atoms with Crippen LogP contribution in [0.4, 0.5) is 23.4 Å². The van der Waals surface area contributed by atoms with Crippen LogP contribution >= 0.6 is 11.6 Å². The molecule has 0 radical (unpaired) electrons. The molecule has 0 unspecified atom stereocenters. The third kappa shape index (κ3) is 6.38. The summed E-state index contributed by atoms with van der Waals surface area (Å²) in [5.41, 5.74) is 9.95. The zero-order chi connectivity index (χ0) is 26.6. The first-order chi connectivity index (χ1) is 17.6. The van der Waals surface area contributed by atoms with E-state index in [1.807, 2.05) is 19.1 Å². The van der Waals surface area contributed by atoms with E-state index in [0.29, 0.717) is 34.5 Å². The topological polar surface area (TPSA) is 148 Å². The fourth-order valence-electron chi connectivity index (χ4n) is 3.53. The van der Waals surface area contributed by atoms with E-state index >= 15 is 0 Å². The van der Waals surface area contributed by atoms with E-state index in [4.69, 9.17) is 17.3 Å². The highest BCUT2D eigenvalue weighted by atomic mass is 35.5. The van der Waals surface area contributed by atoms with E-state index in [2.05, 4.69) is 35.0 Å². The van der Waals surface area contributed by atoms with E-state index in [1.165, 1.54) is 18.3 Å². The molecular weight excluding hydrogens is 512 g/mol. The van der Waals surface area contributed by atoms with Crippen LogP contribution in [0.3, 0.4) is 0 Å². The number of nitrogens with one attached hydrogen (secondary N) is 2. The lowest BCUT2D eigenvalue weighted by molar-refractivity contribution is 0.601. The molecular formula is C25H25ClN8O2S. The van der Waals surface area contributed by atoms with Gasteiger partial charge >= 0.3 is 0 Å². The number of halogens is 1. The minimum absolute atomic E-state index is 0.0120. The van der Waals surface area contributed by atoms with Crippen LogP contribution in [0.15, 0.2) is 70.7 Å². The summed E-state index contributed by atoms with van der Waals surface area (Å²) in [6.07, 6.45) is 2.12. The number of aryl methyl sites for hydroxylation is 2. The largest absolute Gasteiger partial charge is 0.383 e. The van der Waals surface area contributed by atoms with E-state index in [0.717, 1.165) is 16.8 Å². The minimum atomic E-state index is -3.84. The number of sulfonamides is 1. The molecule has 0 atom stereocenters. The molecule has 37 heavy (non-hydrogen) atoms. The van der Waals surface area contributed by atoms with Crippen molar-refractivity contribution in [3.05, 3.63) is 77.2 Å². The maximum absolute atomic E-state index is 12.7. The fraction of sp³-hybridized carbons (Fsp3) is 0.160. The lowest BCUT2D eigenvalue weighted by Gasteiger charge is -2.12. The van der Waals surface area contributed by atoms with Gasteiger partial charge in [-0.1, -0.05) is 30.7 Å². The first-order valence-electron chi connectivity index (χ1n) is 11.3. The van der Waals surface area contributed by atoms with E-state index in [-0.39, 0.29) is 16.8 Å². The number of anilines is 3. The number of aliphatic imine (C=N–C) groups is 1. The average Bonchev–Trinajstić information content (AvgIpc) is 2.84. The highest BCUT2D eigenvalue weighted by molar-refractivity contribution is 7.92. The summed E-state index contributed by atoms with van der Waals surface area (Å²) in [4.78, 5) is 21.5. The quantitative estimate of drug-likeness (QED) is 0.220. The number of nitrogens with zero attached hydrogens (tertiary/aromatic N) is 5. The van der Waals surface area contributed by atoms with Crippen LogP contribution in [0, 0.1) is 6.92 Å². The van der Waals surface area contributed by atoms with Crippen LogP contribution in [0.5, 0.6) is 0 Å². The van der Waals surface area contributed by atoms with Gasteiger partial charge in [0.05, 0.1) is 10.6 Å². The summed E-state index contributed by atoms with van der Waals surface area (Å²) in [6.45, 7) is 5.48. The lowest BCUT2D eigenvalue weighted by atomic mass is 10.0. The van der Waals surface area contributed by atoms with Crippen LogP contribution in [0.1, 0.15) is 25.2 Å². The Balaban J connectivity index is 1.51. The summed E-state index contributed by atoms with van der Waals surface area (Å²) in [5.74, 6) is 1.06. The Morgan fingerprint density at radius 3 is 2.38 bits per heavy atom. The van der Waals surface area contributed by atoms with E-state index in [1.54, 1.807) is 44.2 Å². The Bertz CT molecular complexity index is 1560. The Morgan fingerprint density at radius 1 is 1.03 bits per heavy atom. The van der Waals surface area contributed by atoms with Gasteiger partial charge in [-0.2, -0.15) is 9.98 Å². The van der Waals surface area contributed by atoms with Gasteiger partial charge in [0.25, 0.3) is 16.0 Å². The smallest absolute Gasteiger partial charge is 0.264 e. The van der Waals surface area contributed by atoms with Gasteiger partial charge in [0.1, 0.15) is 11.7 Å². The van der Waals surface area contributed by atoms with Crippen LogP contribution in [-0.2, 0) is 16.4 Å². The molecule has 2 aromatic heterocycles. The Morgan fingerprint density at radius 2 is 1.73 bits per heavy atom. The van der Waals surface area contributed by atoms with Crippen LogP contribution in [0.25, 0.3) is 11.1 Å². The Labute approximate surface area is 220 Å². The second-order valence-electron chi connectivity index (χ2n) is 8.06. The zero-order valence-corrected chi connectivity index (χ0v) is 22.0. The van der Waals surface area contributed by atoms with Crippen molar-refractivity contribution in [2.75, 3.05) is 15.8 Å². The second kappa shape index (κ2) is 10.9. The van der Waals surface area contributed by atoms with Crippen LogP contribution < -0.4 is 15.8 Å². The SMILES string of the molecule is CCc1nc(/N=C(\C)Nc2ccc(S(=O)(=O)Nc3nccc(C)n3)cc2)nc(N)c1-c1ccc(Cl)cc1. The monoisotopic (exact) mass is 536 g/mol. The van der Waals surface area contributed by atoms with Crippen molar-refractivity contribution in [1.29, 1.82) is 0 Å². The third-order valence-corrected chi connectivity index (χ3v) is 6.84. The first-order valence-corrected chi connectivity index (χ1v) is 13.2. The molecule has 0 aliphatic carbocycles. The van der Waals surface area contributed by atoms with Gasteiger partial charge in [-0.05, 0) is 68.3 Å². The highest BCUT2D eigenvalue weighted by Crippen LogP contribution is 2.30. The van der Waals surface area contributed by atoms with Crippen molar-refractivity contribution >= 4 is 50.9 Å². The van der Waals surface area contributed by atoms with Gasteiger partial charge in [0.2, 0.25) is 5.95 Å². The van der Waals surface area contributed by atoms with Crippen LogP contribution in [-0.4, -0.2) is 34.2 Å². The molecule has 0 bridgehead atoms. The third-order valence-electron chi connectivity index (χ3n) is 5.25. The molecule has 0 spiro atoms. The second-order valence-corrected chi connectivity index (χ2v) is 10.2. The van der Waals surface area contributed by atoms with Crippen molar-refractivity contribution in [3.8, 4) is 11.1 Å². The Hall–Kier alpha value is -4.09. The number of benzene rings is 2. The molecule has 0 saturated carbocycles. The minimum Gasteiger partial charge on any atom is -0.383 e. The van der Waals surface area contributed by atoms with Crippen molar-refractivity contribution in [3.63, 3.8) is 0 Å². The summed E-state index contributed by atoms with van der Waals surface area (Å²) in [7, 11) is -3.84. The van der Waals surface area contributed by atoms with Gasteiger partial charge in [0, 0.05) is 28.2 Å². The fourth-order valence-corrected chi connectivity index (χ4v) is 4.61. The molecule has 4 rings (SSSR count). The van der Waals surface area contributed by atoms with Crippen molar-refractivity contribution in [2.45, 2.75) is 32.1 Å².